The molecule has 1 aliphatic carbocycles. The first kappa shape index (κ1) is 10.7. The predicted octanol–water partition coefficient (Wildman–Crippen LogP) is 1.93. The van der Waals surface area contributed by atoms with Gasteiger partial charge in [-0.1, -0.05) is 6.92 Å². The molecule has 2 rings (SSSR count). The summed E-state index contributed by atoms with van der Waals surface area (Å²) in [6.45, 7) is 5.46. The second kappa shape index (κ2) is 3.97. The maximum Gasteiger partial charge on any atom is 0.0527 e. The standard InChI is InChI=1S/C12H21N3/c1-4-15-9-10(8-14-15)12(2)6-5-11(7-12)13-3/h8-9,11,13H,4-7H2,1-3H3. The zero-order valence-corrected chi connectivity index (χ0v) is 9.95. The first-order chi connectivity index (χ1) is 7.18. The molecular weight excluding hydrogens is 186 g/mol. The van der Waals surface area contributed by atoms with Crippen LogP contribution in [-0.4, -0.2) is 22.9 Å². The monoisotopic (exact) mass is 207 g/mol. The molecule has 0 spiro atoms. The summed E-state index contributed by atoms with van der Waals surface area (Å²) in [4.78, 5) is 0. The van der Waals surface area contributed by atoms with E-state index in [0.717, 1.165) is 6.54 Å². The highest BCUT2D eigenvalue weighted by molar-refractivity contribution is 5.21. The van der Waals surface area contributed by atoms with E-state index in [1.165, 1.54) is 24.8 Å². The van der Waals surface area contributed by atoms with E-state index in [-0.39, 0.29) is 0 Å². The average Bonchev–Trinajstić information content (AvgIpc) is 2.84. The van der Waals surface area contributed by atoms with Crippen LogP contribution in [0.4, 0.5) is 0 Å². The van der Waals surface area contributed by atoms with Crippen molar-refractivity contribution in [3.8, 4) is 0 Å². The molecule has 1 heterocycles. The summed E-state index contributed by atoms with van der Waals surface area (Å²) in [6.07, 6.45) is 8.04. The van der Waals surface area contributed by atoms with Gasteiger partial charge in [-0.15, -0.1) is 0 Å². The fourth-order valence-electron chi connectivity index (χ4n) is 2.60. The fraction of sp³-hybridized carbons (Fsp3) is 0.750. The molecule has 1 fully saturated rings. The zero-order chi connectivity index (χ0) is 10.9. The molecule has 2 atom stereocenters. The van der Waals surface area contributed by atoms with Gasteiger partial charge in [0.2, 0.25) is 0 Å². The minimum Gasteiger partial charge on any atom is -0.317 e. The quantitative estimate of drug-likeness (QED) is 0.821. The lowest BCUT2D eigenvalue weighted by molar-refractivity contribution is 0.466. The summed E-state index contributed by atoms with van der Waals surface area (Å²) >= 11 is 0. The van der Waals surface area contributed by atoms with Crippen LogP contribution in [0.25, 0.3) is 0 Å². The molecule has 2 unspecified atom stereocenters. The Kier molecular flexibility index (Phi) is 2.83. The van der Waals surface area contributed by atoms with Gasteiger partial charge in [0, 0.05) is 18.8 Å². The van der Waals surface area contributed by atoms with Crippen LogP contribution < -0.4 is 5.32 Å². The molecule has 0 radical (unpaired) electrons. The highest BCUT2D eigenvalue weighted by Gasteiger charge is 2.36. The summed E-state index contributed by atoms with van der Waals surface area (Å²) < 4.78 is 2.02. The summed E-state index contributed by atoms with van der Waals surface area (Å²) in [5, 5.41) is 7.75. The third-order valence-electron chi connectivity index (χ3n) is 3.80. The number of nitrogens with zero attached hydrogens (tertiary/aromatic N) is 2. The molecule has 1 aromatic heterocycles. The first-order valence-electron chi connectivity index (χ1n) is 5.88. The summed E-state index contributed by atoms with van der Waals surface area (Å²) in [5.74, 6) is 0. The largest absolute Gasteiger partial charge is 0.317 e. The van der Waals surface area contributed by atoms with Crippen LogP contribution in [0.5, 0.6) is 0 Å². The topological polar surface area (TPSA) is 29.9 Å². The predicted molar refractivity (Wildman–Crippen MR) is 62.0 cm³/mol. The maximum atomic E-state index is 4.37. The number of rotatable bonds is 3. The maximum absolute atomic E-state index is 4.37. The molecule has 0 aliphatic heterocycles. The van der Waals surface area contributed by atoms with Gasteiger partial charge in [-0.2, -0.15) is 5.10 Å². The van der Waals surface area contributed by atoms with E-state index in [0.29, 0.717) is 11.5 Å². The number of hydrogen-bond acceptors (Lipinski definition) is 2. The summed E-state index contributed by atoms with van der Waals surface area (Å²) in [7, 11) is 2.06. The van der Waals surface area contributed by atoms with Crippen molar-refractivity contribution >= 4 is 0 Å². The van der Waals surface area contributed by atoms with Gasteiger partial charge in [-0.05, 0) is 44.2 Å². The Morgan fingerprint density at radius 1 is 1.67 bits per heavy atom. The van der Waals surface area contributed by atoms with E-state index in [1.54, 1.807) is 0 Å². The Labute approximate surface area is 91.9 Å². The van der Waals surface area contributed by atoms with E-state index in [1.807, 2.05) is 10.9 Å². The summed E-state index contributed by atoms with van der Waals surface area (Å²) in [6, 6.07) is 0.681. The SMILES string of the molecule is CCn1cc(C2(C)CCC(NC)C2)cn1. The molecule has 1 N–H and O–H groups in total. The van der Waals surface area contributed by atoms with Gasteiger partial charge >= 0.3 is 0 Å². The van der Waals surface area contributed by atoms with Gasteiger partial charge < -0.3 is 5.32 Å². The van der Waals surface area contributed by atoms with Crippen molar-refractivity contribution < 1.29 is 0 Å². The molecule has 0 aromatic carbocycles. The van der Waals surface area contributed by atoms with Crippen LogP contribution in [-0.2, 0) is 12.0 Å². The molecule has 3 nitrogen and oxygen atoms in total. The normalized spacial score (nSPS) is 31.0. The third kappa shape index (κ3) is 1.93. The van der Waals surface area contributed by atoms with Crippen LogP contribution in [0.1, 0.15) is 38.7 Å². The number of aryl methyl sites for hydroxylation is 1. The molecular formula is C12H21N3. The highest BCUT2D eigenvalue weighted by Crippen LogP contribution is 2.40. The molecule has 84 valence electrons. The summed E-state index contributed by atoms with van der Waals surface area (Å²) in [5.41, 5.74) is 1.74. The van der Waals surface area contributed by atoms with Crippen LogP contribution >= 0.6 is 0 Å². The van der Waals surface area contributed by atoms with Gasteiger partial charge in [0.05, 0.1) is 6.20 Å². The molecule has 1 aliphatic rings. The average molecular weight is 207 g/mol. The zero-order valence-electron chi connectivity index (χ0n) is 9.95. The van der Waals surface area contributed by atoms with E-state index < -0.39 is 0 Å². The van der Waals surface area contributed by atoms with Crippen molar-refractivity contribution in [3.05, 3.63) is 18.0 Å². The van der Waals surface area contributed by atoms with Gasteiger partial charge in [-0.3, -0.25) is 4.68 Å². The van der Waals surface area contributed by atoms with E-state index in [9.17, 15) is 0 Å². The van der Waals surface area contributed by atoms with Gasteiger partial charge in [-0.25, -0.2) is 0 Å². The highest BCUT2D eigenvalue weighted by atomic mass is 15.3. The smallest absolute Gasteiger partial charge is 0.0527 e. The molecule has 0 saturated heterocycles. The van der Waals surface area contributed by atoms with Gasteiger partial charge in [0.25, 0.3) is 0 Å². The Bertz CT molecular complexity index is 331. The van der Waals surface area contributed by atoms with Crippen molar-refractivity contribution in [2.45, 2.75) is 51.1 Å². The lowest BCUT2D eigenvalue weighted by atomic mass is 9.83. The molecule has 1 saturated carbocycles. The minimum atomic E-state index is 0.334. The Balaban J connectivity index is 2.16. The number of hydrogen-bond donors (Lipinski definition) is 1. The Morgan fingerprint density at radius 3 is 3.00 bits per heavy atom. The minimum absolute atomic E-state index is 0.334. The first-order valence-corrected chi connectivity index (χ1v) is 5.88. The van der Waals surface area contributed by atoms with Crippen LogP contribution in [0, 0.1) is 0 Å². The van der Waals surface area contributed by atoms with Crippen molar-refractivity contribution in [2.75, 3.05) is 7.05 Å². The Hall–Kier alpha value is -0.830. The third-order valence-corrected chi connectivity index (χ3v) is 3.80. The molecule has 15 heavy (non-hydrogen) atoms. The second-order valence-corrected chi connectivity index (χ2v) is 4.87. The lowest BCUT2D eigenvalue weighted by Gasteiger charge is -2.22. The van der Waals surface area contributed by atoms with Crippen LogP contribution in [0.3, 0.4) is 0 Å². The molecule has 0 bridgehead atoms. The van der Waals surface area contributed by atoms with Gasteiger partial charge in [0.15, 0.2) is 0 Å². The van der Waals surface area contributed by atoms with Crippen molar-refractivity contribution in [3.63, 3.8) is 0 Å². The molecule has 0 amide bonds. The second-order valence-electron chi connectivity index (χ2n) is 4.87. The van der Waals surface area contributed by atoms with Gasteiger partial charge in [0.1, 0.15) is 0 Å². The van der Waals surface area contributed by atoms with Crippen LogP contribution in [0.2, 0.25) is 0 Å². The number of nitrogens with one attached hydrogen (secondary N) is 1. The van der Waals surface area contributed by atoms with Crippen molar-refractivity contribution in [1.29, 1.82) is 0 Å². The molecule has 1 aromatic rings. The van der Waals surface area contributed by atoms with Crippen molar-refractivity contribution in [2.24, 2.45) is 0 Å². The van der Waals surface area contributed by atoms with Crippen LogP contribution in [0.15, 0.2) is 12.4 Å². The lowest BCUT2D eigenvalue weighted by Crippen LogP contribution is -2.25. The molecule has 3 heteroatoms. The van der Waals surface area contributed by atoms with E-state index in [2.05, 4.69) is 37.5 Å². The van der Waals surface area contributed by atoms with Crippen molar-refractivity contribution in [1.82, 2.24) is 15.1 Å². The Morgan fingerprint density at radius 2 is 2.47 bits per heavy atom. The van der Waals surface area contributed by atoms with E-state index in [4.69, 9.17) is 0 Å². The number of aromatic nitrogens is 2. The van der Waals surface area contributed by atoms with E-state index >= 15 is 0 Å². The fourth-order valence-corrected chi connectivity index (χ4v) is 2.60.